The van der Waals surface area contributed by atoms with E-state index in [4.69, 9.17) is 4.74 Å². The molecule has 0 bridgehead atoms. The molecule has 0 aliphatic carbocycles. The number of ether oxygens (including phenoxy) is 1. The number of carbonyl (C=O) groups is 2. The van der Waals surface area contributed by atoms with E-state index in [2.05, 4.69) is 18.3 Å². The van der Waals surface area contributed by atoms with Crippen LogP contribution in [0, 0.1) is 19.8 Å². The highest BCUT2D eigenvalue weighted by Crippen LogP contribution is 2.19. The number of rotatable bonds is 7. The molecule has 1 N–H and O–H groups in total. The first-order valence-electron chi connectivity index (χ1n) is 9.97. The molecule has 0 saturated carbocycles. The largest absolute Gasteiger partial charge is 0.491 e. The molecule has 6 heteroatoms. The van der Waals surface area contributed by atoms with E-state index in [1.54, 1.807) is 4.90 Å². The van der Waals surface area contributed by atoms with E-state index in [9.17, 15) is 9.59 Å². The van der Waals surface area contributed by atoms with Gasteiger partial charge < -0.3 is 19.9 Å². The Morgan fingerprint density at radius 1 is 1.26 bits per heavy atom. The predicted molar refractivity (Wildman–Crippen MR) is 107 cm³/mol. The number of benzene rings is 1. The predicted octanol–water partition coefficient (Wildman–Crippen LogP) is 2.97. The second kappa shape index (κ2) is 10.2. The van der Waals surface area contributed by atoms with Crippen LogP contribution in [0.1, 0.15) is 37.8 Å². The number of urea groups is 1. The number of nitrogens with zero attached hydrogens (tertiary/aromatic N) is 2. The first-order valence-corrected chi connectivity index (χ1v) is 9.97. The third-order valence-corrected chi connectivity index (χ3v) is 5.09. The lowest BCUT2D eigenvalue weighted by Crippen LogP contribution is -2.50. The summed E-state index contributed by atoms with van der Waals surface area (Å²) in [5, 5.41) is 2.95. The van der Waals surface area contributed by atoms with Gasteiger partial charge in [0.15, 0.2) is 0 Å². The van der Waals surface area contributed by atoms with Gasteiger partial charge in [0, 0.05) is 26.2 Å². The maximum atomic E-state index is 12.5. The Kier molecular flexibility index (Phi) is 7.95. The SMILES string of the molecule is CCN(CC)C(=O)N1CCC[C@H](C(=O)NCCOc2ccc(C)cc2C)C1. The molecule has 0 unspecified atom stereocenters. The van der Waals surface area contributed by atoms with Crippen molar-refractivity contribution in [2.75, 3.05) is 39.3 Å². The van der Waals surface area contributed by atoms with Gasteiger partial charge in [0.1, 0.15) is 12.4 Å². The van der Waals surface area contributed by atoms with Crippen LogP contribution in [0.4, 0.5) is 4.79 Å². The normalized spacial score (nSPS) is 16.7. The second-order valence-electron chi connectivity index (χ2n) is 7.15. The van der Waals surface area contributed by atoms with Gasteiger partial charge in [-0.25, -0.2) is 4.79 Å². The lowest BCUT2D eigenvalue weighted by Gasteiger charge is -2.35. The average Bonchev–Trinajstić information content (AvgIpc) is 2.67. The Balaban J connectivity index is 1.77. The third-order valence-electron chi connectivity index (χ3n) is 5.09. The molecule has 6 nitrogen and oxygen atoms in total. The fourth-order valence-corrected chi connectivity index (χ4v) is 3.50. The van der Waals surface area contributed by atoms with Crippen molar-refractivity contribution < 1.29 is 14.3 Å². The Labute approximate surface area is 162 Å². The van der Waals surface area contributed by atoms with Crippen LogP contribution in [0.25, 0.3) is 0 Å². The molecule has 0 aromatic heterocycles. The highest BCUT2D eigenvalue weighted by molar-refractivity contribution is 5.80. The van der Waals surface area contributed by atoms with E-state index in [1.165, 1.54) is 5.56 Å². The van der Waals surface area contributed by atoms with Crippen LogP contribution in [0.2, 0.25) is 0 Å². The topological polar surface area (TPSA) is 61.9 Å². The quantitative estimate of drug-likeness (QED) is 0.745. The summed E-state index contributed by atoms with van der Waals surface area (Å²) in [5.41, 5.74) is 2.30. The van der Waals surface area contributed by atoms with E-state index >= 15 is 0 Å². The first-order chi connectivity index (χ1) is 13.0. The number of hydrogen-bond donors (Lipinski definition) is 1. The summed E-state index contributed by atoms with van der Waals surface area (Å²) in [7, 11) is 0. The summed E-state index contributed by atoms with van der Waals surface area (Å²) in [5.74, 6) is 0.721. The van der Waals surface area contributed by atoms with Crippen molar-refractivity contribution in [3.63, 3.8) is 0 Å². The summed E-state index contributed by atoms with van der Waals surface area (Å²) >= 11 is 0. The van der Waals surface area contributed by atoms with E-state index in [-0.39, 0.29) is 17.9 Å². The number of hydrogen-bond acceptors (Lipinski definition) is 3. The molecule has 1 saturated heterocycles. The molecule has 1 aromatic carbocycles. The fourth-order valence-electron chi connectivity index (χ4n) is 3.50. The molecule has 1 heterocycles. The van der Waals surface area contributed by atoms with Gasteiger partial charge >= 0.3 is 6.03 Å². The molecular weight excluding hydrogens is 342 g/mol. The van der Waals surface area contributed by atoms with Crippen LogP contribution in [-0.4, -0.2) is 61.1 Å². The van der Waals surface area contributed by atoms with E-state index in [0.29, 0.717) is 32.8 Å². The van der Waals surface area contributed by atoms with E-state index < -0.39 is 0 Å². The Morgan fingerprint density at radius 3 is 2.67 bits per heavy atom. The van der Waals surface area contributed by atoms with Crippen molar-refractivity contribution in [3.8, 4) is 5.75 Å². The summed E-state index contributed by atoms with van der Waals surface area (Å²) in [6, 6.07) is 6.10. The van der Waals surface area contributed by atoms with Crippen LogP contribution in [0.15, 0.2) is 18.2 Å². The number of nitrogens with one attached hydrogen (secondary N) is 1. The van der Waals surface area contributed by atoms with Gasteiger partial charge in [-0.1, -0.05) is 17.7 Å². The molecule has 0 radical (unpaired) electrons. The summed E-state index contributed by atoms with van der Waals surface area (Å²) in [6.07, 6.45) is 1.69. The monoisotopic (exact) mass is 375 g/mol. The average molecular weight is 376 g/mol. The zero-order valence-corrected chi connectivity index (χ0v) is 17.1. The van der Waals surface area contributed by atoms with Gasteiger partial charge in [-0.15, -0.1) is 0 Å². The molecule has 1 fully saturated rings. The van der Waals surface area contributed by atoms with Crippen molar-refractivity contribution in [2.45, 2.75) is 40.5 Å². The molecule has 27 heavy (non-hydrogen) atoms. The lowest BCUT2D eigenvalue weighted by molar-refractivity contribution is -0.126. The van der Waals surface area contributed by atoms with Gasteiger partial charge in [0.25, 0.3) is 0 Å². The molecule has 0 spiro atoms. The molecule has 1 aliphatic rings. The second-order valence-corrected chi connectivity index (χ2v) is 7.15. The number of aryl methyl sites for hydroxylation is 2. The van der Waals surface area contributed by atoms with Crippen molar-refractivity contribution in [3.05, 3.63) is 29.3 Å². The van der Waals surface area contributed by atoms with Crippen molar-refractivity contribution >= 4 is 11.9 Å². The van der Waals surface area contributed by atoms with Gasteiger partial charge in [0.2, 0.25) is 5.91 Å². The standard InChI is InChI=1S/C21H33N3O3/c1-5-23(6-2)21(26)24-12-7-8-18(15-24)20(25)22-11-13-27-19-10-9-16(3)14-17(19)4/h9-10,14,18H,5-8,11-13,15H2,1-4H3,(H,22,25)/t18-/m0/s1. The molecule has 1 atom stereocenters. The van der Waals surface area contributed by atoms with Crippen molar-refractivity contribution in [1.82, 2.24) is 15.1 Å². The molecule has 1 aromatic rings. The van der Waals surface area contributed by atoms with Crippen LogP contribution in [0.5, 0.6) is 5.75 Å². The Hall–Kier alpha value is -2.24. The molecule has 1 aliphatic heterocycles. The number of carbonyl (C=O) groups excluding carboxylic acids is 2. The van der Waals surface area contributed by atoms with E-state index in [0.717, 1.165) is 30.7 Å². The zero-order valence-electron chi connectivity index (χ0n) is 17.1. The summed E-state index contributed by atoms with van der Waals surface area (Å²) in [4.78, 5) is 28.6. The van der Waals surface area contributed by atoms with Gasteiger partial charge in [0.05, 0.1) is 12.5 Å². The Morgan fingerprint density at radius 2 is 2.00 bits per heavy atom. The van der Waals surface area contributed by atoms with Gasteiger partial charge in [-0.05, 0) is 52.2 Å². The minimum atomic E-state index is -0.139. The zero-order chi connectivity index (χ0) is 19.8. The number of amides is 3. The molecule has 150 valence electrons. The van der Waals surface area contributed by atoms with Gasteiger partial charge in [-0.3, -0.25) is 4.79 Å². The lowest BCUT2D eigenvalue weighted by atomic mass is 9.97. The first kappa shape index (κ1) is 21.1. The molecule has 2 rings (SSSR count). The highest BCUT2D eigenvalue weighted by Gasteiger charge is 2.29. The number of likely N-dealkylation sites (tertiary alicyclic amines) is 1. The maximum Gasteiger partial charge on any atom is 0.320 e. The van der Waals surface area contributed by atoms with Crippen LogP contribution >= 0.6 is 0 Å². The molecule has 3 amide bonds. The summed E-state index contributed by atoms with van der Waals surface area (Å²) in [6.45, 7) is 11.5. The van der Waals surface area contributed by atoms with Gasteiger partial charge in [-0.2, -0.15) is 0 Å². The smallest absolute Gasteiger partial charge is 0.320 e. The van der Waals surface area contributed by atoms with E-state index in [1.807, 2.05) is 37.8 Å². The molecular formula is C21H33N3O3. The maximum absolute atomic E-state index is 12.5. The Bertz CT molecular complexity index is 644. The van der Waals surface area contributed by atoms with Crippen molar-refractivity contribution in [1.29, 1.82) is 0 Å². The third kappa shape index (κ3) is 5.88. The van der Waals surface area contributed by atoms with Crippen LogP contribution in [-0.2, 0) is 4.79 Å². The fraction of sp³-hybridized carbons (Fsp3) is 0.619. The minimum absolute atomic E-state index is 0.0104. The summed E-state index contributed by atoms with van der Waals surface area (Å²) < 4.78 is 5.76. The van der Waals surface area contributed by atoms with Crippen LogP contribution < -0.4 is 10.1 Å². The van der Waals surface area contributed by atoms with Crippen LogP contribution in [0.3, 0.4) is 0 Å². The highest BCUT2D eigenvalue weighted by atomic mass is 16.5. The van der Waals surface area contributed by atoms with Crippen molar-refractivity contribution in [2.24, 2.45) is 5.92 Å². The number of piperidine rings is 1. The minimum Gasteiger partial charge on any atom is -0.491 e.